The maximum atomic E-state index is 12.0. The van der Waals surface area contributed by atoms with Gasteiger partial charge in [-0.1, -0.05) is 12.1 Å². The zero-order valence-electron chi connectivity index (χ0n) is 11.2. The number of amides is 1. The molecule has 0 bridgehead atoms. The van der Waals surface area contributed by atoms with Crippen molar-refractivity contribution in [1.82, 2.24) is 10.3 Å². The Kier molecular flexibility index (Phi) is 4.57. The summed E-state index contributed by atoms with van der Waals surface area (Å²) in [6.07, 6.45) is 1.52. The third-order valence-corrected chi connectivity index (χ3v) is 2.86. The van der Waals surface area contributed by atoms with Crippen LogP contribution in [-0.4, -0.2) is 15.8 Å². The predicted molar refractivity (Wildman–Crippen MR) is 76.4 cm³/mol. The van der Waals surface area contributed by atoms with Gasteiger partial charge in [0, 0.05) is 37.0 Å². The van der Waals surface area contributed by atoms with Crippen LogP contribution >= 0.6 is 0 Å². The van der Waals surface area contributed by atoms with E-state index in [2.05, 4.69) is 10.3 Å². The monoisotopic (exact) mass is 286 g/mol. The molecule has 1 heterocycles. The lowest BCUT2D eigenvalue weighted by molar-refractivity contribution is -0.384. The van der Waals surface area contributed by atoms with Crippen LogP contribution in [-0.2, 0) is 13.1 Å². The molecule has 0 aliphatic heterocycles. The standard InChI is InChI=1S/C14H14N4O3/c15-8-12-7-11(4-5-16-12)14(19)17-9-10-2-1-3-13(6-10)18(20)21/h1-7H,8-9,15H2,(H,17,19). The van der Waals surface area contributed by atoms with Gasteiger partial charge < -0.3 is 11.1 Å². The lowest BCUT2D eigenvalue weighted by atomic mass is 10.2. The molecule has 0 fully saturated rings. The van der Waals surface area contributed by atoms with Crippen molar-refractivity contribution in [2.24, 2.45) is 5.73 Å². The molecule has 3 N–H and O–H groups in total. The molecule has 7 heteroatoms. The van der Waals surface area contributed by atoms with Crippen LogP contribution in [0.25, 0.3) is 0 Å². The van der Waals surface area contributed by atoms with Gasteiger partial charge in [-0.05, 0) is 17.7 Å². The molecule has 21 heavy (non-hydrogen) atoms. The van der Waals surface area contributed by atoms with Crippen molar-refractivity contribution in [3.63, 3.8) is 0 Å². The molecule has 2 rings (SSSR count). The summed E-state index contributed by atoms with van der Waals surface area (Å²) in [5.41, 5.74) is 7.20. The molecule has 1 aromatic carbocycles. The second-order valence-electron chi connectivity index (χ2n) is 4.35. The van der Waals surface area contributed by atoms with E-state index in [1.54, 1.807) is 24.3 Å². The van der Waals surface area contributed by atoms with E-state index in [1.165, 1.54) is 18.3 Å². The van der Waals surface area contributed by atoms with Crippen molar-refractivity contribution in [3.05, 3.63) is 69.5 Å². The van der Waals surface area contributed by atoms with Gasteiger partial charge in [0.1, 0.15) is 0 Å². The number of hydrogen-bond acceptors (Lipinski definition) is 5. The number of nitrogens with two attached hydrogens (primary N) is 1. The molecule has 0 aliphatic rings. The Bertz CT molecular complexity index is 673. The van der Waals surface area contributed by atoms with Gasteiger partial charge in [0.15, 0.2) is 0 Å². The highest BCUT2D eigenvalue weighted by Gasteiger charge is 2.09. The van der Waals surface area contributed by atoms with E-state index in [1.807, 2.05) is 0 Å². The minimum Gasteiger partial charge on any atom is -0.348 e. The number of nitro benzene ring substituents is 1. The van der Waals surface area contributed by atoms with Gasteiger partial charge in [-0.25, -0.2) is 0 Å². The fraction of sp³-hybridized carbons (Fsp3) is 0.143. The molecule has 2 aromatic rings. The Hall–Kier alpha value is -2.80. The van der Waals surface area contributed by atoms with Crippen LogP contribution in [0.15, 0.2) is 42.6 Å². The Balaban J connectivity index is 2.03. The van der Waals surface area contributed by atoms with Crippen LogP contribution in [0.3, 0.4) is 0 Å². The number of nitro groups is 1. The first-order valence-corrected chi connectivity index (χ1v) is 6.26. The summed E-state index contributed by atoms with van der Waals surface area (Å²) < 4.78 is 0. The SMILES string of the molecule is NCc1cc(C(=O)NCc2cccc([N+](=O)[O-])c2)ccn1. The van der Waals surface area contributed by atoms with E-state index in [9.17, 15) is 14.9 Å². The third-order valence-electron chi connectivity index (χ3n) is 2.86. The minimum atomic E-state index is -0.471. The smallest absolute Gasteiger partial charge is 0.269 e. The fourth-order valence-corrected chi connectivity index (χ4v) is 1.80. The molecule has 1 aromatic heterocycles. The molecule has 7 nitrogen and oxygen atoms in total. The number of nitrogens with zero attached hydrogens (tertiary/aromatic N) is 2. The molecule has 1 amide bonds. The summed E-state index contributed by atoms with van der Waals surface area (Å²) in [5.74, 6) is -0.279. The van der Waals surface area contributed by atoms with Crippen LogP contribution < -0.4 is 11.1 Å². The van der Waals surface area contributed by atoms with Crippen LogP contribution in [0, 0.1) is 10.1 Å². The lowest BCUT2D eigenvalue weighted by Crippen LogP contribution is -2.23. The molecule has 0 radical (unpaired) electrons. The Morgan fingerprint density at radius 3 is 2.86 bits per heavy atom. The maximum Gasteiger partial charge on any atom is 0.269 e. The molecule has 0 unspecified atom stereocenters. The van der Waals surface area contributed by atoms with Gasteiger partial charge in [-0.15, -0.1) is 0 Å². The van der Waals surface area contributed by atoms with E-state index < -0.39 is 4.92 Å². The summed E-state index contributed by atoms with van der Waals surface area (Å²) in [6, 6.07) is 9.33. The van der Waals surface area contributed by atoms with Gasteiger partial charge in [0.2, 0.25) is 0 Å². The Labute approximate surface area is 121 Å². The molecular weight excluding hydrogens is 272 g/mol. The number of benzene rings is 1. The van der Waals surface area contributed by atoms with Crippen LogP contribution in [0.5, 0.6) is 0 Å². The quantitative estimate of drug-likeness (QED) is 0.637. The predicted octanol–water partition coefficient (Wildman–Crippen LogP) is 1.38. The average molecular weight is 286 g/mol. The van der Waals surface area contributed by atoms with Gasteiger partial charge in [-0.3, -0.25) is 19.9 Å². The van der Waals surface area contributed by atoms with E-state index in [0.29, 0.717) is 16.8 Å². The van der Waals surface area contributed by atoms with Crippen LogP contribution in [0.4, 0.5) is 5.69 Å². The lowest BCUT2D eigenvalue weighted by Gasteiger charge is -2.06. The summed E-state index contributed by atoms with van der Waals surface area (Å²) in [4.78, 5) is 26.2. The molecule has 0 aliphatic carbocycles. The first-order chi connectivity index (χ1) is 10.1. The number of carbonyl (C=O) groups is 1. The molecule has 0 spiro atoms. The zero-order chi connectivity index (χ0) is 15.2. The van der Waals surface area contributed by atoms with Gasteiger partial charge >= 0.3 is 0 Å². The van der Waals surface area contributed by atoms with Gasteiger partial charge in [0.25, 0.3) is 11.6 Å². The average Bonchev–Trinajstić information content (AvgIpc) is 2.53. The van der Waals surface area contributed by atoms with Crippen molar-refractivity contribution in [1.29, 1.82) is 0 Å². The Morgan fingerprint density at radius 2 is 2.14 bits per heavy atom. The number of hydrogen-bond donors (Lipinski definition) is 2. The molecule has 0 saturated heterocycles. The topological polar surface area (TPSA) is 111 Å². The van der Waals surface area contributed by atoms with Crippen molar-refractivity contribution >= 4 is 11.6 Å². The van der Waals surface area contributed by atoms with Crippen molar-refractivity contribution in [2.75, 3.05) is 0 Å². The molecular formula is C14H14N4O3. The highest BCUT2D eigenvalue weighted by molar-refractivity contribution is 5.94. The summed E-state index contributed by atoms with van der Waals surface area (Å²) in [6.45, 7) is 0.465. The number of pyridine rings is 1. The molecule has 0 saturated carbocycles. The number of aromatic nitrogens is 1. The van der Waals surface area contributed by atoms with Crippen molar-refractivity contribution in [3.8, 4) is 0 Å². The highest BCUT2D eigenvalue weighted by Crippen LogP contribution is 2.13. The van der Waals surface area contributed by atoms with Crippen molar-refractivity contribution in [2.45, 2.75) is 13.1 Å². The second-order valence-corrected chi connectivity index (χ2v) is 4.35. The first-order valence-electron chi connectivity index (χ1n) is 6.26. The Morgan fingerprint density at radius 1 is 1.33 bits per heavy atom. The van der Waals surface area contributed by atoms with Crippen molar-refractivity contribution < 1.29 is 9.72 Å². The largest absolute Gasteiger partial charge is 0.348 e. The van der Waals surface area contributed by atoms with E-state index in [0.717, 1.165) is 0 Å². The van der Waals surface area contributed by atoms with Gasteiger partial charge in [-0.2, -0.15) is 0 Å². The van der Waals surface area contributed by atoms with E-state index in [4.69, 9.17) is 5.73 Å². The molecule has 0 atom stereocenters. The number of non-ortho nitro benzene ring substituents is 1. The third kappa shape index (κ3) is 3.83. The summed E-state index contributed by atoms with van der Waals surface area (Å²) in [7, 11) is 0. The zero-order valence-corrected chi connectivity index (χ0v) is 11.2. The van der Waals surface area contributed by atoms with E-state index >= 15 is 0 Å². The van der Waals surface area contributed by atoms with Crippen LogP contribution in [0.1, 0.15) is 21.6 Å². The fourth-order valence-electron chi connectivity index (χ4n) is 1.80. The second kappa shape index (κ2) is 6.58. The number of nitrogens with one attached hydrogen (secondary N) is 1. The number of rotatable bonds is 5. The normalized spacial score (nSPS) is 10.1. The molecule has 108 valence electrons. The van der Waals surface area contributed by atoms with Crippen LogP contribution in [0.2, 0.25) is 0 Å². The summed E-state index contributed by atoms with van der Waals surface area (Å²) >= 11 is 0. The first kappa shape index (κ1) is 14.6. The minimum absolute atomic E-state index is 0.00363. The highest BCUT2D eigenvalue weighted by atomic mass is 16.6. The maximum absolute atomic E-state index is 12.0. The van der Waals surface area contributed by atoms with E-state index in [-0.39, 0.29) is 24.7 Å². The summed E-state index contributed by atoms with van der Waals surface area (Å²) in [5, 5.41) is 13.4. The number of carbonyl (C=O) groups excluding carboxylic acids is 1. The van der Waals surface area contributed by atoms with Gasteiger partial charge in [0.05, 0.1) is 10.6 Å².